The molecule has 0 atom stereocenters. The Morgan fingerprint density at radius 3 is 0.587 bits per heavy atom. The molecule has 0 radical (unpaired) electrons. The molecule has 18 aromatic rings. The number of benzene rings is 14. The van der Waals surface area contributed by atoms with Crippen molar-refractivity contribution in [3.63, 3.8) is 0 Å². The summed E-state index contributed by atoms with van der Waals surface area (Å²) in [5.74, 6) is -1.20. The molecule has 92 heavy (non-hydrogen) atoms. The second-order valence-corrected chi connectivity index (χ2v) is 24.4. The minimum atomic E-state index is -0.252. The van der Waals surface area contributed by atoms with Gasteiger partial charge >= 0.3 is 0 Å². The first-order valence-electron chi connectivity index (χ1n) is 30.1. The highest BCUT2D eigenvalue weighted by Crippen LogP contribution is 2.55. The van der Waals surface area contributed by atoms with Crippen LogP contribution in [0.2, 0.25) is 0 Å². The molecule has 4 aliphatic carbocycles. The van der Waals surface area contributed by atoms with Gasteiger partial charge in [-0.3, -0.25) is 19.2 Å². The number of rotatable bonds is 0. The number of para-hydroxylation sites is 4. The third-order valence-electron chi connectivity index (χ3n) is 20.2. The molecule has 0 fully saturated rings. The van der Waals surface area contributed by atoms with Crippen LogP contribution in [0.4, 0.5) is 0 Å². The van der Waals surface area contributed by atoms with Gasteiger partial charge < -0.3 is 20.4 Å². The van der Waals surface area contributed by atoms with Gasteiger partial charge in [-0.2, -0.15) is 0 Å². The van der Waals surface area contributed by atoms with E-state index in [2.05, 4.69) is 24.3 Å². The summed E-state index contributed by atoms with van der Waals surface area (Å²) < 4.78 is 0. The molecule has 0 amide bonds. The summed E-state index contributed by atoms with van der Waals surface area (Å²) in [5, 5.41) is 62.0. The number of aromatic hydroxyl groups is 4. The Bertz CT molecular complexity index is 5920. The van der Waals surface area contributed by atoms with Crippen LogP contribution in [-0.4, -0.2) is 63.5 Å². The van der Waals surface area contributed by atoms with Crippen LogP contribution in [0.5, 0.6) is 23.0 Å². The summed E-state index contributed by atoms with van der Waals surface area (Å²) in [4.78, 5) is 75.8. The molecule has 0 bridgehead atoms. The van der Waals surface area contributed by atoms with Crippen LogP contribution in [0.25, 0.3) is 175 Å². The predicted molar refractivity (Wildman–Crippen MR) is 359 cm³/mol. The largest absolute Gasteiger partial charge is 0.506 e. The van der Waals surface area contributed by atoms with E-state index in [1.54, 1.807) is 24.3 Å². The van der Waals surface area contributed by atoms with Gasteiger partial charge in [-0.1, -0.05) is 121 Å². The van der Waals surface area contributed by atoms with E-state index < -0.39 is 0 Å². The monoisotopic (exact) mass is 1180 g/mol. The number of ketones is 4. The molecule has 22 rings (SSSR count). The molecule has 14 aromatic carbocycles. The van der Waals surface area contributed by atoms with Crippen LogP contribution >= 0.6 is 0 Å². The second kappa shape index (κ2) is 16.7. The van der Waals surface area contributed by atoms with Crippen molar-refractivity contribution in [1.29, 1.82) is 0 Å². The van der Waals surface area contributed by atoms with E-state index in [-0.39, 0.29) is 68.4 Å². The van der Waals surface area contributed by atoms with Crippen molar-refractivity contribution in [3.8, 4) is 68.0 Å². The van der Waals surface area contributed by atoms with Gasteiger partial charge in [-0.05, 0) is 137 Å². The molecule has 0 unspecified atom stereocenters. The average molecular weight is 1180 g/mol. The lowest BCUT2D eigenvalue weighted by Gasteiger charge is -2.25. The Morgan fingerprint density at radius 1 is 0.196 bits per heavy atom. The molecule has 0 saturated carbocycles. The van der Waals surface area contributed by atoms with Crippen molar-refractivity contribution in [2.75, 3.05) is 0 Å². The fourth-order valence-corrected chi connectivity index (χ4v) is 16.3. The van der Waals surface area contributed by atoms with Gasteiger partial charge in [0, 0.05) is 87.6 Å². The Hall–Kier alpha value is -12.8. The molecule has 424 valence electrons. The van der Waals surface area contributed by atoms with Gasteiger partial charge in [-0.15, -0.1) is 0 Å². The lowest BCUT2D eigenvalue weighted by Crippen LogP contribution is -2.13. The van der Waals surface area contributed by atoms with Crippen molar-refractivity contribution >= 4 is 153 Å². The van der Waals surface area contributed by atoms with E-state index in [9.17, 15) is 39.6 Å². The maximum absolute atomic E-state index is 14.1. The van der Waals surface area contributed by atoms with Gasteiger partial charge in [0.2, 0.25) is 0 Å². The van der Waals surface area contributed by atoms with E-state index in [1.807, 2.05) is 146 Å². The third-order valence-corrected chi connectivity index (χ3v) is 20.2. The first kappa shape index (κ1) is 49.2. The van der Waals surface area contributed by atoms with Gasteiger partial charge in [0.05, 0.1) is 67.1 Å². The molecular weight excluding hydrogens is 1140 g/mol. The maximum atomic E-state index is 14.1. The number of fused-ring (bicyclic) bond motifs is 16. The SMILES string of the molecule is O=C1c2c(nc3ccccc3c2O)-c2ccc3c4ccc5c6c(ccc(c7ccc1c2c73)c64)-c1nc2ccccc2c(O)c1C5=O.O=C1c2c(nc3ccccc3c2O)-c2ccc3c4ccc5c6c(ccc(c7ccc1c2c73)c64)C(=O)c1c-5nc2ccccc2c1O. The van der Waals surface area contributed by atoms with Crippen molar-refractivity contribution in [2.45, 2.75) is 0 Å². The summed E-state index contributed by atoms with van der Waals surface area (Å²) >= 11 is 0. The summed E-state index contributed by atoms with van der Waals surface area (Å²) in [5.41, 5.74) is 10.6. The van der Waals surface area contributed by atoms with E-state index >= 15 is 0 Å². The number of aromatic nitrogens is 4. The van der Waals surface area contributed by atoms with Crippen LogP contribution in [0.1, 0.15) is 63.7 Å². The standard InChI is InChI=1S/2C40H18N2O4/c43-37-21-5-1-3-7-27(21)41-35-23-13-9-17-20-12-16-26-32-24(36-34(40(26)46)38(44)22-6-2-4-8-28(22)42-36)14-10-18(30(20)32)19-11-15-25(31(23)29(17)19)39(45)33(35)37;43-37-21-5-1-3-7-27(21)41-35-23-13-9-17-18-10-14-24-32-26(40(46)34-36(24)42-28-8-4-2-6-22(28)38(34)44)16-12-20(30(18)32)19-11-15-25(31(23)29(17)19)39(45)33(35)37/h2*1-16H,(H,41,43)(H,42,44). The Kier molecular flexibility index (Phi) is 8.92. The first-order valence-corrected chi connectivity index (χ1v) is 30.1. The van der Waals surface area contributed by atoms with Crippen LogP contribution in [0.15, 0.2) is 194 Å². The highest BCUT2D eigenvalue weighted by atomic mass is 16.3. The number of hydrogen-bond donors (Lipinski definition) is 4. The second-order valence-electron chi connectivity index (χ2n) is 24.4. The Balaban J connectivity index is 0.000000124. The van der Waals surface area contributed by atoms with E-state index in [4.69, 9.17) is 19.9 Å². The fourth-order valence-electron chi connectivity index (χ4n) is 16.3. The van der Waals surface area contributed by atoms with Crippen molar-refractivity contribution < 1.29 is 39.6 Å². The fraction of sp³-hybridized carbons (Fsp3) is 0. The summed E-state index contributed by atoms with van der Waals surface area (Å²) in [7, 11) is 0. The number of carbonyl (C=O) groups excluding carboxylic acids is 4. The lowest BCUT2D eigenvalue weighted by atomic mass is 9.77. The lowest BCUT2D eigenvalue weighted by molar-refractivity contribution is 0.102. The van der Waals surface area contributed by atoms with Gasteiger partial charge in [0.1, 0.15) is 23.0 Å². The minimum absolute atomic E-state index is 0.0494. The van der Waals surface area contributed by atoms with Gasteiger partial charge in [0.25, 0.3) is 0 Å². The Labute approximate surface area is 516 Å². The molecule has 0 saturated heterocycles. The van der Waals surface area contributed by atoms with Crippen LogP contribution in [0, 0.1) is 0 Å². The molecule has 4 aromatic heterocycles. The normalized spacial score (nSPS) is 13.5. The number of hydrogen-bond acceptors (Lipinski definition) is 12. The molecular formula is C80H36N4O8. The molecule has 4 aliphatic rings. The molecule has 12 nitrogen and oxygen atoms in total. The van der Waals surface area contributed by atoms with Crippen LogP contribution in [-0.2, 0) is 0 Å². The number of pyridine rings is 4. The predicted octanol–water partition coefficient (Wildman–Crippen LogP) is 17.3. The zero-order valence-electron chi connectivity index (χ0n) is 47.7. The number of carbonyl (C=O) groups is 4. The molecule has 0 spiro atoms. The van der Waals surface area contributed by atoms with Crippen molar-refractivity contribution in [2.24, 2.45) is 0 Å². The first-order chi connectivity index (χ1) is 45.0. The minimum Gasteiger partial charge on any atom is -0.506 e. The molecule has 12 heteroatoms. The summed E-state index contributed by atoms with van der Waals surface area (Å²) in [6.45, 7) is 0. The summed E-state index contributed by atoms with van der Waals surface area (Å²) in [6, 6.07) is 60.7. The number of nitrogens with zero attached hydrogens (tertiary/aromatic N) is 4. The van der Waals surface area contributed by atoms with Crippen LogP contribution < -0.4 is 0 Å². The van der Waals surface area contributed by atoms with E-state index in [1.165, 1.54) is 0 Å². The topological polar surface area (TPSA) is 201 Å². The zero-order valence-corrected chi connectivity index (χ0v) is 47.7. The summed E-state index contributed by atoms with van der Waals surface area (Å²) in [6.07, 6.45) is 0. The molecule has 4 N–H and O–H groups in total. The van der Waals surface area contributed by atoms with Crippen molar-refractivity contribution in [3.05, 3.63) is 239 Å². The van der Waals surface area contributed by atoms with E-state index in [0.29, 0.717) is 88.6 Å². The average Bonchev–Trinajstić information content (AvgIpc) is 0.745. The molecule has 0 aliphatic heterocycles. The highest BCUT2D eigenvalue weighted by molar-refractivity contribution is 6.44. The van der Waals surface area contributed by atoms with Crippen molar-refractivity contribution in [1.82, 2.24) is 19.9 Å². The van der Waals surface area contributed by atoms with Crippen LogP contribution in [0.3, 0.4) is 0 Å². The van der Waals surface area contributed by atoms with Gasteiger partial charge in [0.15, 0.2) is 23.1 Å². The Morgan fingerprint density at radius 2 is 0.380 bits per heavy atom. The smallest absolute Gasteiger partial charge is 0.199 e. The quantitative estimate of drug-likeness (QED) is 0.0828. The highest BCUT2D eigenvalue weighted by Gasteiger charge is 2.38. The molecule has 4 heterocycles. The van der Waals surface area contributed by atoms with E-state index in [0.717, 1.165) is 108 Å². The zero-order chi connectivity index (χ0) is 61.2. The third kappa shape index (κ3) is 5.75. The van der Waals surface area contributed by atoms with Gasteiger partial charge in [-0.25, -0.2) is 19.9 Å². The maximum Gasteiger partial charge on any atom is 0.199 e.